The number of aromatic nitrogens is 2. The Hall–Kier alpha value is -3.95. The summed E-state index contributed by atoms with van der Waals surface area (Å²) in [6, 6.07) is 35.0. The van der Waals surface area contributed by atoms with E-state index in [1.54, 1.807) is 0 Å². The van der Waals surface area contributed by atoms with E-state index >= 15 is 0 Å². The molecule has 0 N–H and O–H groups in total. The maximum Gasteiger partial charge on any atom is 0.232 e. The van der Waals surface area contributed by atoms with Gasteiger partial charge in [0.1, 0.15) is 5.58 Å². The highest BCUT2D eigenvalue weighted by molar-refractivity contribution is 6.29. The van der Waals surface area contributed by atoms with Crippen LogP contribution >= 0.6 is 11.6 Å². The molecule has 0 radical (unpaired) electrons. The van der Waals surface area contributed by atoms with Crippen LogP contribution in [0.5, 0.6) is 0 Å². The fourth-order valence-electron chi connectivity index (χ4n) is 4.21. The van der Waals surface area contributed by atoms with Gasteiger partial charge in [0.2, 0.25) is 11.0 Å². The Morgan fingerprint density at radius 3 is 1.72 bits per heavy atom. The van der Waals surface area contributed by atoms with E-state index < -0.39 is 0 Å². The summed E-state index contributed by atoms with van der Waals surface area (Å²) >= 11 is 6.27. The second-order valence-electron chi connectivity index (χ2n) is 7.62. The van der Waals surface area contributed by atoms with Crippen molar-refractivity contribution in [2.24, 2.45) is 0 Å². The highest BCUT2D eigenvalue weighted by atomic mass is 35.5. The molecule has 0 atom stereocenters. The van der Waals surface area contributed by atoms with Crippen molar-refractivity contribution in [1.82, 2.24) is 9.97 Å². The van der Waals surface area contributed by atoms with Crippen LogP contribution in [-0.4, -0.2) is 9.97 Å². The Balaban J connectivity index is 1.73. The first kappa shape index (κ1) is 18.8. The lowest BCUT2D eigenvalue weighted by Gasteiger charge is -2.11. The zero-order chi connectivity index (χ0) is 21.5. The van der Waals surface area contributed by atoms with E-state index in [4.69, 9.17) is 16.0 Å². The average molecular weight is 433 g/mol. The van der Waals surface area contributed by atoms with Crippen LogP contribution < -0.4 is 0 Å². The van der Waals surface area contributed by atoms with Crippen LogP contribution in [0.3, 0.4) is 0 Å². The summed E-state index contributed by atoms with van der Waals surface area (Å²) in [5, 5.41) is 2.00. The fraction of sp³-hybridized carbons (Fsp3) is 0. The lowest BCUT2D eigenvalue weighted by atomic mass is 9.92. The Bertz CT molecular complexity index is 1560. The van der Waals surface area contributed by atoms with Crippen LogP contribution in [0.1, 0.15) is 0 Å². The molecule has 32 heavy (non-hydrogen) atoms. The van der Waals surface area contributed by atoms with E-state index in [0.29, 0.717) is 5.71 Å². The molecule has 6 rings (SSSR count). The zero-order valence-electron chi connectivity index (χ0n) is 17.0. The Morgan fingerprint density at radius 2 is 1.12 bits per heavy atom. The van der Waals surface area contributed by atoms with Gasteiger partial charge in [0.25, 0.3) is 0 Å². The third-order valence-electron chi connectivity index (χ3n) is 5.66. The van der Waals surface area contributed by atoms with Gasteiger partial charge in [-0.2, -0.15) is 4.98 Å². The summed E-state index contributed by atoms with van der Waals surface area (Å²) in [6.45, 7) is 0. The monoisotopic (exact) mass is 432 g/mol. The number of hydrogen-bond donors (Lipinski definition) is 0. The number of hydrogen-bond acceptors (Lipinski definition) is 3. The molecule has 2 heterocycles. The Morgan fingerprint density at radius 1 is 0.594 bits per heavy atom. The SMILES string of the molecule is Clc1nc(-c2ccccc2)c2c(n1)oc1cc(-c3ccccc3)c(-c3ccccc3)cc12. The van der Waals surface area contributed by atoms with Crippen molar-refractivity contribution in [1.29, 1.82) is 0 Å². The van der Waals surface area contributed by atoms with Crippen molar-refractivity contribution in [2.45, 2.75) is 0 Å². The molecule has 0 aliphatic carbocycles. The number of furan rings is 1. The van der Waals surface area contributed by atoms with Gasteiger partial charge in [-0.25, -0.2) is 4.98 Å². The molecule has 0 aliphatic rings. The van der Waals surface area contributed by atoms with Gasteiger partial charge >= 0.3 is 0 Å². The van der Waals surface area contributed by atoms with Crippen LogP contribution in [0.2, 0.25) is 5.28 Å². The molecule has 0 amide bonds. The summed E-state index contributed by atoms with van der Waals surface area (Å²) in [7, 11) is 0. The van der Waals surface area contributed by atoms with Gasteiger partial charge in [0.15, 0.2) is 0 Å². The molecule has 152 valence electrons. The highest BCUT2D eigenvalue weighted by Gasteiger charge is 2.19. The minimum Gasteiger partial charge on any atom is -0.437 e. The average Bonchev–Trinajstić information content (AvgIpc) is 3.21. The molecule has 0 aliphatic heterocycles. The van der Waals surface area contributed by atoms with Crippen molar-refractivity contribution in [3.63, 3.8) is 0 Å². The van der Waals surface area contributed by atoms with Crippen molar-refractivity contribution >= 4 is 33.7 Å². The van der Waals surface area contributed by atoms with Gasteiger partial charge in [-0.05, 0) is 46.0 Å². The van der Waals surface area contributed by atoms with Gasteiger partial charge < -0.3 is 4.42 Å². The first-order valence-electron chi connectivity index (χ1n) is 10.4. The maximum atomic E-state index is 6.27. The fourth-order valence-corrected chi connectivity index (χ4v) is 4.37. The van der Waals surface area contributed by atoms with Crippen LogP contribution in [0.4, 0.5) is 0 Å². The number of benzene rings is 4. The molecular formula is C28H17ClN2O. The summed E-state index contributed by atoms with van der Waals surface area (Å²) in [5.74, 6) is 0. The number of halogens is 1. The predicted molar refractivity (Wildman–Crippen MR) is 131 cm³/mol. The van der Waals surface area contributed by atoms with Gasteiger partial charge in [0, 0.05) is 10.9 Å². The topological polar surface area (TPSA) is 38.9 Å². The van der Waals surface area contributed by atoms with Gasteiger partial charge in [-0.3, -0.25) is 0 Å². The van der Waals surface area contributed by atoms with E-state index in [2.05, 4.69) is 58.5 Å². The quantitative estimate of drug-likeness (QED) is 0.266. The molecule has 3 nitrogen and oxygen atoms in total. The molecule has 0 saturated carbocycles. The first-order chi connectivity index (χ1) is 15.8. The second kappa shape index (κ2) is 7.63. The van der Waals surface area contributed by atoms with Gasteiger partial charge in [0.05, 0.1) is 11.1 Å². The Labute approximate surface area is 190 Å². The molecule has 4 heteroatoms. The summed E-state index contributed by atoms with van der Waals surface area (Å²) < 4.78 is 6.21. The van der Waals surface area contributed by atoms with E-state index in [9.17, 15) is 0 Å². The predicted octanol–water partition coefficient (Wildman–Crippen LogP) is 8.03. The largest absolute Gasteiger partial charge is 0.437 e. The van der Waals surface area contributed by atoms with E-state index in [1.807, 2.05) is 54.6 Å². The van der Waals surface area contributed by atoms with Crippen molar-refractivity contribution in [2.75, 3.05) is 0 Å². The molecular weight excluding hydrogens is 416 g/mol. The molecule has 2 aromatic heterocycles. The van der Waals surface area contributed by atoms with Gasteiger partial charge in [-0.15, -0.1) is 0 Å². The molecule has 0 fully saturated rings. The van der Waals surface area contributed by atoms with Crippen LogP contribution in [0.15, 0.2) is 108 Å². The van der Waals surface area contributed by atoms with Crippen LogP contribution in [0.25, 0.3) is 55.6 Å². The maximum absolute atomic E-state index is 6.27. The van der Waals surface area contributed by atoms with Crippen molar-refractivity contribution < 1.29 is 4.42 Å². The Kier molecular flexibility index (Phi) is 4.48. The molecule has 6 aromatic rings. The summed E-state index contributed by atoms with van der Waals surface area (Å²) in [5.41, 5.74) is 7.48. The summed E-state index contributed by atoms with van der Waals surface area (Å²) in [6.07, 6.45) is 0. The molecule has 4 aromatic carbocycles. The van der Waals surface area contributed by atoms with Crippen molar-refractivity contribution in [3.8, 4) is 33.5 Å². The number of rotatable bonds is 3. The smallest absolute Gasteiger partial charge is 0.232 e. The third kappa shape index (κ3) is 3.15. The normalized spacial score (nSPS) is 11.3. The lowest BCUT2D eigenvalue weighted by molar-refractivity contribution is 0.653. The minimum absolute atomic E-state index is 0.168. The molecule has 0 spiro atoms. The third-order valence-corrected chi connectivity index (χ3v) is 5.83. The molecule has 0 saturated heterocycles. The number of fused-ring (bicyclic) bond motifs is 3. The van der Waals surface area contributed by atoms with Gasteiger partial charge in [-0.1, -0.05) is 91.0 Å². The highest BCUT2D eigenvalue weighted by Crippen LogP contribution is 2.41. The zero-order valence-corrected chi connectivity index (χ0v) is 17.8. The van der Waals surface area contributed by atoms with Crippen LogP contribution in [-0.2, 0) is 0 Å². The number of nitrogens with zero attached hydrogens (tertiary/aromatic N) is 2. The summed E-state index contributed by atoms with van der Waals surface area (Å²) in [4.78, 5) is 8.96. The van der Waals surface area contributed by atoms with E-state index in [-0.39, 0.29) is 5.28 Å². The molecule has 0 bridgehead atoms. The van der Waals surface area contributed by atoms with E-state index in [1.165, 1.54) is 0 Å². The van der Waals surface area contributed by atoms with Crippen LogP contribution in [0, 0.1) is 0 Å². The first-order valence-corrected chi connectivity index (χ1v) is 10.8. The molecule has 0 unspecified atom stereocenters. The van der Waals surface area contributed by atoms with E-state index in [0.717, 1.165) is 49.9 Å². The standard InChI is InChI=1S/C28H17ClN2O/c29-28-30-26(20-14-8-3-9-15-20)25-23-16-21(18-10-4-1-5-11-18)22(19-12-6-2-7-13-19)17-24(23)32-27(25)31-28/h1-17H. The second-order valence-corrected chi connectivity index (χ2v) is 7.95. The van der Waals surface area contributed by atoms with Crippen molar-refractivity contribution in [3.05, 3.63) is 108 Å². The lowest BCUT2D eigenvalue weighted by Crippen LogP contribution is -1.89. The minimum atomic E-state index is 0.168.